The van der Waals surface area contributed by atoms with Gasteiger partial charge in [0.25, 0.3) is 11.6 Å². The van der Waals surface area contributed by atoms with Crippen molar-refractivity contribution in [3.8, 4) is 0 Å². The Kier molecular flexibility index (Phi) is 5.89. The number of carbonyl (C=O) groups is 1. The lowest BCUT2D eigenvalue weighted by atomic mass is 10.1. The minimum Gasteiger partial charge on any atom is -0.360 e. The monoisotopic (exact) mass is 387 g/mol. The number of benzene rings is 2. The van der Waals surface area contributed by atoms with Crippen molar-refractivity contribution in [1.82, 2.24) is 0 Å². The van der Waals surface area contributed by atoms with Crippen molar-refractivity contribution in [2.45, 2.75) is 19.9 Å². The van der Waals surface area contributed by atoms with Gasteiger partial charge in [-0.05, 0) is 49.7 Å². The number of nitro groups is 1. The molecule has 0 aliphatic carbocycles. The zero-order chi connectivity index (χ0) is 20.3. The molecule has 1 atom stereocenters. The van der Waals surface area contributed by atoms with Gasteiger partial charge in [-0.25, -0.2) is 4.39 Å². The largest absolute Gasteiger partial charge is 0.360 e. The molecular weight excluding hydrogens is 363 g/mol. The Morgan fingerprint density at radius 2 is 1.86 bits per heavy atom. The fourth-order valence-corrected chi connectivity index (χ4v) is 3.47. The van der Waals surface area contributed by atoms with Crippen LogP contribution in [0.5, 0.6) is 0 Å². The van der Waals surface area contributed by atoms with E-state index in [0.29, 0.717) is 11.3 Å². The smallest absolute Gasteiger partial charge is 0.282 e. The summed E-state index contributed by atoms with van der Waals surface area (Å²) in [6.45, 7) is 6.79. The lowest BCUT2D eigenvalue weighted by Gasteiger charge is -2.36. The molecule has 1 saturated heterocycles. The molecule has 0 unspecified atom stereocenters. The number of nitro benzene ring substituents is 1. The van der Waals surface area contributed by atoms with Gasteiger partial charge in [-0.3, -0.25) is 14.9 Å². The van der Waals surface area contributed by atoms with E-state index in [0.717, 1.165) is 31.9 Å². The highest BCUT2D eigenvalue weighted by Gasteiger charge is 2.29. The molecule has 3 rings (SSSR count). The fraction of sp³-hybridized carbons (Fsp3) is 0.350. The molecule has 2 aromatic carbocycles. The second kappa shape index (κ2) is 8.35. The number of non-ortho nitro benzene ring substituents is 1. The Hall–Kier alpha value is -3.00. The van der Waals surface area contributed by atoms with Crippen LogP contribution in [-0.2, 0) is 4.79 Å². The van der Waals surface area contributed by atoms with Crippen molar-refractivity contribution in [3.63, 3.8) is 0 Å². The zero-order valence-electron chi connectivity index (χ0n) is 15.9. The number of piperazine rings is 1. The number of aryl methyl sites for hydroxylation is 1. The zero-order valence-corrected chi connectivity index (χ0v) is 15.9. The summed E-state index contributed by atoms with van der Waals surface area (Å²) in [5.74, 6) is -0.359. The molecule has 2 aromatic rings. The summed E-state index contributed by atoms with van der Waals surface area (Å²) < 4.78 is 13.1. The number of halogens is 1. The molecule has 1 aliphatic heterocycles. The Balaban J connectivity index is 1.57. The molecule has 28 heavy (non-hydrogen) atoms. The van der Waals surface area contributed by atoms with Gasteiger partial charge in [0.1, 0.15) is 5.82 Å². The van der Waals surface area contributed by atoms with E-state index in [9.17, 15) is 19.3 Å². The summed E-state index contributed by atoms with van der Waals surface area (Å²) in [4.78, 5) is 26.4. The number of nitrogens with one attached hydrogen (secondary N) is 2. The number of hydrogen-bond acceptors (Lipinski definition) is 4. The van der Waals surface area contributed by atoms with Crippen LogP contribution >= 0.6 is 0 Å². The fourth-order valence-electron chi connectivity index (χ4n) is 3.47. The van der Waals surface area contributed by atoms with E-state index in [4.69, 9.17) is 0 Å². The van der Waals surface area contributed by atoms with Gasteiger partial charge < -0.3 is 15.1 Å². The SMILES string of the molecule is Cc1cc([N+](=O)[O-])ccc1NC(=O)[C@@H](C)[NH+]1CCN(c2ccc(F)cc2)CC1. The molecule has 7 nitrogen and oxygen atoms in total. The lowest BCUT2D eigenvalue weighted by Crippen LogP contribution is -3.19. The number of amides is 1. The third-order valence-electron chi connectivity index (χ3n) is 5.28. The number of hydrogen-bond donors (Lipinski definition) is 2. The van der Waals surface area contributed by atoms with Crippen LogP contribution in [0.1, 0.15) is 12.5 Å². The summed E-state index contributed by atoms with van der Waals surface area (Å²) in [5, 5.41) is 13.7. The molecule has 148 valence electrons. The number of rotatable bonds is 5. The average molecular weight is 387 g/mol. The molecule has 0 radical (unpaired) electrons. The van der Waals surface area contributed by atoms with Crippen molar-refractivity contribution >= 4 is 23.0 Å². The average Bonchev–Trinajstić information content (AvgIpc) is 2.69. The van der Waals surface area contributed by atoms with Crippen molar-refractivity contribution in [2.75, 3.05) is 36.4 Å². The maximum absolute atomic E-state index is 13.1. The first-order valence-corrected chi connectivity index (χ1v) is 9.26. The van der Waals surface area contributed by atoms with Crippen LogP contribution < -0.4 is 15.1 Å². The van der Waals surface area contributed by atoms with Crippen LogP contribution in [0, 0.1) is 22.9 Å². The predicted molar refractivity (Wildman–Crippen MR) is 105 cm³/mol. The van der Waals surface area contributed by atoms with Gasteiger partial charge in [0.05, 0.1) is 31.1 Å². The van der Waals surface area contributed by atoms with Gasteiger partial charge >= 0.3 is 0 Å². The van der Waals surface area contributed by atoms with Gasteiger partial charge in [0, 0.05) is 23.5 Å². The molecule has 0 bridgehead atoms. The molecule has 1 fully saturated rings. The maximum Gasteiger partial charge on any atom is 0.282 e. The number of anilines is 2. The van der Waals surface area contributed by atoms with Crippen molar-refractivity contribution in [2.24, 2.45) is 0 Å². The molecule has 0 aromatic heterocycles. The first-order chi connectivity index (χ1) is 13.3. The number of carbonyl (C=O) groups excluding carboxylic acids is 1. The van der Waals surface area contributed by atoms with E-state index in [2.05, 4.69) is 10.2 Å². The predicted octanol–water partition coefficient (Wildman–Crippen LogP) is 1.77. The highest BCUT2D eigenvalue weighted by molar-refractivity contribution is 5.94. The Bertz CT molecular complexity index is 864. The summed E-state index contributed by atoms with van der Waals surface area (Å²) in [6.07, 6.45) is 0. The molecule has 0 spiro atoms. The summed E-state index contributed by atoms with van der Waals surface area (Å²) in [5.41, 5.74) is 2.24. The van der Waals surface area contributed by atoms with E-state index in [1.54, 1.807) is 25.1 Å². The van der Waals surface area contributed by atoms with Gasteiger partial charge in [-0.1, -0.05) is 0 Å². The van der Waals surface area contributed by atoms with Crippen LogP contribution in [0.25, 0.3) is 0 Å². The maximum atomic E-state index is 13.1. The van der Waals surface area contributed by atoms with E-state index < -0.39 is 4.92 Å². The molecule has 2 N–H and O–H groups in total. The van der Waals surface area contributed by atoms with Crippen LogP contribution in [0.15, 0.2) is 42.5 Å². The van der Waals surface area contributed by atoms with E-state index >= 15 is 0 Å². The third-order valence-corrected chi connectivity index (χ3v) is 5.28. The lowest BCUT2D eigenvalue weighted by molar-refractivity contribution is -0.914. The van der Waals surface area contributed by atoms with E-state index in [1.165, 1.54) is 29.2 Å². The van der Waals surface area contributed by atoms with Crippen molar-refractivity contribution in [3.05, 3.63) is 64.0 Å². The Morgan fingerprint density at radius 1 is 1.21 bits per heavy atom. The standard InChI is InChI=1S/C20H23FN4O3/c1-14-13-18(25(27)28)7-8-19(14)22-20(26)15(2)23-9-11-24(12-10-23)17-5-3-16(21)4-6-17/h3-8,13,15H,9-12H2,1-2H3,(H,22,26)/p+1/t15-/m1/s1. The first-order valence-electron chi connectivity index (χ1n) is 9.26. The van der Waals surface area contributed by atoms with Crippen LogP contribution in [-0.4, -0.2) is 43.1 Å². The minimum absolute atomic E-state index is 0.00564. The van der Waals surface area contributed by atoms with Gasteiger partial charge in [-0.2, -0.15) is 0 Å². The van der Waals surface area contributed by atoms with E-state index in [1.807, 2.05) is 6.92 Å². The first kappa shape index (κ1) is 19.8. The molecule has 8 heteroatoms. The number of nitrogens with zero attached hydrogens (tertiary/aromatic N) is 2. The summed E-state index contributed by atoms with van der Waals surface area (Å²) in [6, 6.07) is 10.6. The molecule has 1 heterocycles. The third kappa shape index (κ3) is 4.45. The Morgan fingerprint density at radius 3 is 2.43 bits per heavy atom. The quantitative estimate of drug-likeness (QED) is 0.605. The summed E-state index contributed by atoms with van der Waals surface area (Å²) >= 11 is 0. The van der Waals surface area contributed by atoms with Crippen molar-refractivity contribution in [1.29, 1.82) is 0 Å². The van der Waals surface area contributed by atoms with Gasteiger partial charge in [0.15, 0.2) is 6.04 Å². The number of quaternary nitrogens is 1. The van der Waals surface area contributed by atoms with Gasteiger partial charge in [0.2, 0.25) is 0 Å². The topological polar surface area (TPSA) is 79.9 Å². The molecule has 1 aliphatic rings. The van der Waals surface area contributed by atoms with Gasteiger partial charge in [-0.15, -0.1) is 0 Å². The van der Waals surface area contributed by atoms with E-state index in [-0.39, 0.29) is 23.5 Å². The highest BCUT2D eigenvalue weighted by Crippen LogP contribution is 2.21. The minimum atomic E-state index is -0.452. The second-order valence-corrected chi connectivity index (χ2v) is 7.09. The molecular formula is C20H24FN4O3+. The molecule has 0 saturated carbocycles. The van der Waals surface area contributed by atoms with Crippen molar-refractivity contribution < 1.29 is 19.0 Å². The Labute approximate surface area is 162 Å². The normalized spacial score (nSPS) is 15.9. The highest BCUT2D eigenvalue weighted by atomic mass is 19.1. The van der Waals surface area contributed by atoms with Crippen LogP contribution in [0.4, 0.5) is 21.5 Å². The van der Waals surface area contributed by atoms with Crippen LogP contribution in [0.2, 0.25) is 0 Å². The molecule has 1 amide bonds. The summed E-state index contributed by atoms with van der Waals surface area (Å²) in [7, 11) is 0. The second-order valence-electron chi connectivity index (χ2n) is 7.09. The van der Waals surface area contributed by atoms with Crippen LogP contribution in [0.3, 0.4) is 0 Å².